The number of carbonyl (C=O) groups is 2. The summed E-state index contributed by atoms with van der Waals surface area (Å²) in [4.78, 5) is 25.4. The number of esters is 1. The van der Waals surface area contributed by atoms with Gasteiger partial charge in [0, 0.05) is 18.8 Å². The first-order valence-electron chi connectivity index (χ1n) is 9.58. The van der Waals surface area contributed by atoms with Gasteiger partial charge in [-0.2, -0.15) is 0 Å². The first-order valence-corrected chi connectivity index (χ1v) is 9.58. The van der Waals surface area contributed by atoms with Crippen LogP contribution in [0.3, 0.4) is 0 Å². The molecule has 3 rings (SSSR count). The number of ether oxygens (including phenoxy) is 2. The Morgan fingerprint density at radius 2 is 1.79 bits per heavy atom. The summed E-state index contributed by atoms with van der Waals surface area (Å²) in [5.41, 5.74) is 0.269. The van der Waals surface area contributed by atoms with Crippen molar-refractivity contribution in [2.75, 3.05) is 0 Å². The highest BCUT2D eigenvalue weighted by Crippen LogP contribution is 2.43. The van der Waals surface area contributed by atoms with Gasteiger partial charge in [0.2, 0.25) is 0 Å². The third-order valence-corrected chi connectivity index (χ3v) is 5.22. The van der Waals surface area contributed by atoms with Crippen molar-refractivity contribution in [2.24, 2.45) is 11.8 Å². The fourth-order valence-electron chi connectivity index (χ4n) is 4.01. The molecule has 1 saturated heterocycles. The topological polar surface area (TPSA) is 93.1 Å². The Bertz CT molecular complexity index is 772. The first kappa shape index (κ1) is 20.3. The molecule has 2 N–H and O–H groups in total. The molecule has 2 aliphatic heterocycles. The fraction of sp³-hybridized carbons (Fsp3) is 0.455. The number of allylic oxidation sites excluding steroid dienone is 7. The highest BCUT2D eigenvalue weighted by Gasteiger charge is 2.51. The summed E-state index contributed by atoms with van der Waals surface area (Å²) in [5.74, 6) is -2.01. The smallest absolute Gasteiger partial charge is 0.338 e. The van der Waals surface area contributed by atoms with Crippen molar-refractivity contribution in [1.29, 1.82) is 0 Å². The fourth-order valence-corrected chi connectivity index (χ4v) is 4.01. The molecule has 6 atom stereocenters. The minimum Gasteiger partial charge on any atom is -0.485 e. The van der Waals surface area contributed by atoms with Crippen molar-refractivity contribution in [2.45, 2.75) is 51.1 Å². The minimum atomic E-state index is -1.07. The molecular weight excluding hydrogens is 360 g/mol. The maximum absolute atomic E-state index is 12.9. The van der Waals surface area contributed by atoms with Crippen molar-refractivity contribution in [1.82, 2.24) is 0 Å². The maximum atomic E-state index is 12.9. The summed E-state index contributed by atoms with van der Waals surface area (Å²) in [5, 5.41) is 20.9. The van der Waals surface area contributed by atoms with Crippen LogP contribution in [0.15, 0.2) is 59.9 Å². The van der Waals surface area contributed by atoms with Gasteiger partial charge in [-0.15, -0.1) is 0 Å². The van der Waals surface area contributed by atoms with Crippen molar-refractivity contribution in [3.63, 3.8) is 0 Å². The van der Waals surface area contributed by atoms with E-state index in [1.807, 2.05) is 25.2 Å². The van der Waals surface area contributed by atoms with E-state index in [1.165, 1.54) is 6.08 Å². The molecule has 0 amide bonds. The largest absolute Gasteiger partial charge is 0.485 e. The third kappa shape index (κ3) is 4.18. The van der Waals surface area contributed by atoms with E-state index in [-0.39, 0.29) is 24.2 Å². The van der Waals surface area contributed by atoms with Crippen molar-refractivity contribution in [3.8, 4) is 0 Å². The zero-order chi connectivity index (χ0) is 20.3. The van der Waals surface area contributed by atoms with E-state index >= 15 is 0 Å². The zero-order valence-corrected chi connectivity index (χ0v) is 16.0. The molecule has 3 aliphatic rings. The van der Waals surface area contributed by atoms with Gasteiger partial charge in [0.15, 0.2) is 5.78 Å². The van der Waals surface area contributed by atoms with Gasteiger partial charge in [-0.25, -0.2) is 4.79 Å². The Labute approximate surface area is 164 Å². The van der Waals surface area contributed by atoms with Crippen LogP contribution in [0.2, 0.25) is 0 Å². The number of rotatable bonds is 3. The van der Waals surface area contributed by atoms with E-state index in [2.05, 4.69) is 0 Å². The van der Waals surface area contributed by atoms with Gasteiger partial charge in [0.1, 0.15) is 18.0 Å². The molecule has 1 fully saturated rings. The third-order valence-electron chi connectivity index (χ3n) is 5.22. The van der Waals surface area contributed by atoms with Crippen LogP contribution in [0.5, 0.6) is 0 Å². The number of hydrogen-bond acceptors (Lipinski definition) is 6. The number of carbonyl (C=O) groups excluding carboxylic acids is 2. The molecule has 0 aromatic heterocycles. The second-order valence-corrected chi connectivity index (χ2v) is 7.35. The van der Waals surface area contributed by atoms with Gasteiger partial charge in [-0.3, -0.25) is 4.79 Å². The Kier molecular flexibility index (Phi) is 6.31. The van der Waals surface area contributed by atoms with Crippen LogP contribution in [-0.2, 0) is 19.1 Å². The molecule has 28 heavy (non-hydrogen) atoms. The number of hydrogen-bond donors (Lipinski definition) is 2. The molecule has 0 radical (unpaired) electrons. The molecule has 0 aromatic carbocycles. The average Bonchev–Trinajstić information content (AvgIpc) is 2.98. The average molecular weight is 386 g/mol. The Morgan fingerprint density at radius 1 is 1.04 bits per heavy atom. The summed E-state index contributed by atoms with van der Waals surface area (Å²) < 4.78 is 11.4. The van der Waals surface area contributed by atoms with Gasteiger partial charge in [-0.1, -0.05) is 30.4 Å². The summed E-state index contributed by atoms with van der Waals surface area (Å²) in [7, 11) is 0. The molecule has 1 aliphatic carbocycles. The molecule has 2 heterocycles. The van der Waals surface area contributed by atoms with Gasteiger partial charge in [0.25, 0.3) is 0 Å². The zero-order valence-electron chi connectivity index (χ0n) is 16.0. The molecule has 6 nitrogen and oxygen atoms in total. The molecule has 0 spiro atoms. The highest BCUT2D eigenvalue weighted by atomic mass is 16.5. The minimum absolute atomic E-state index is 0.0416. The Balaban J connectivity index is 2.02. The van der Waals surface area contributed by atoms with E-state index in [9.17, 15) is 19.8 Å². The molecule has 0 unspecified atom stereocenters. The second-order valence-electron chi connectivity index (χ2n) is 7.35. The van der Waals surface area contributed by atoms with Crippen LogP contribution in [0.1, 0.15) is 26.7 Å². The van der Waals surface area contributed by atoms with Gasteiger partial charge < -0.3 is 19.7 Å². The van der Waals surface area contributed by atoms with Gasteiger partial charge >= 0.3 is 5.97 Å². The van der Waals surface area contributed by atoms with Crippen molar-refractivity contribution in [3.05, 3.63) is 59.9 Å². The van der Waals surface area contributed by atoms with Crippen LogP contribution >= 0.6 is 0 Å². The second kappa shape index (κ2) is 8.71. The quantitative estimate of drug-likeness (QED) is 0.570. The van der Waals surface area contributed by atoms with Crippen LogP contribution in [0.4, 0.5) is 0 Å². The van der Waals surface area contributed by atoms with E-state index < -0.39 is 42.2 Å². The SMILES string of the molecule is C/C=C/C=C/C=C/C1=C2C(=O)O[C@H](C)C[C@@H](O)C[C@@H](O)[C@@H]3C(=O)C=C[C@H](O1)[C@H]23. The highest BCUT2D eigenvalue weighted by molar-refractivity contribution is 5.98. The number of aliphatic hydroxyl groups excluding tert-OH is 2. The lowest BCUT2D eigenvalue weighted by atomic mass is 9.72. The summed E-state index contributed by atoms with van der Waals surface area (Å²) in [6.07, 6.45) is 11.1. The van der Waals surface area contributed by atoms with Crippen LogP contribution in [-0.4, -0.2) is 46.4 Å². The normalized spacial score (nSPS) is 36.3. The number of ketones is 1. The first-order chi connectivity index (χ1) is 13.4. The molecule has 150 valence electrons. The van der Waals surface area contributed by atoms with Crippen molar-refractivity contribution >= 4 is 11.8 Å². The Morgan fingerprint density at radius 3 is 2.54 bits per heavy atom. The monoisotopic (exact) mass is 386 g/mol. The standard InChI is InChI=1S/C22H26O6/c1-3-4-5-6-7-8-17-21-20-18(28-17)10-9-15(24)19(20)16(25)12-14(23)11-13(2)27-22(21)26/h3-10,13-14,16,18-20,23,25H,11-12H2,1-2H3/b4-3+,6-5+,8-7+/t13-,14-,16-,18+,19+,20+/m1/s1. The summed E-state index contributed by atoms with van der Waals surface area (Å²) >= 11 is 0. The molecule has 6 heteroatoms. The van der Waals surface area contributed by atoms with Gasteiger partial charge in [0.05, 0.1) is 23.7 Å². The van der Waals surface area contributed by atoms with E-state index in [0.29, 0.717) is 5.76 Å². The molecule has 0 bridgehead atoms. The van der Waals surface area contributed by atoms with E-state index in [0.717, 1.165) is 0 Å². The van der Waals surface area contributed by atoms with Crippen LogP contribution < -0.4 is 0 Å². The lowest BCUT2D eigenvalue weighted by Gasteiger charge is -2.34. The predicted octanol–water partition coefficient (Wildman–Crippen LogP) is 2.15. The van der Waals surface area contributed by atoms with Crippen molar-refractivity contribution < 1.29 is 29.3 Å². The predicted molar refractivity (Wildman–Crippen MR) is 103 cm³/mol. The molecule has 0 aromatic rings. The lowest BCUT2D eigenvalue weighted by molar-refractivity contribution is -0.147. The summed E-state index contributed by atoms with van der Waals surface area (Å²) in [6.45, 7) is 3.61. The maximum Gasteiger partial charge on any atom is 0.338 e. The van der Waals surface area contributed by atoms with Crippen LogP contribution in [0.25, 0.3) is 0 Å². The van der Waals surface area contributed by atoms with Crippen LogP contribution in [0, 0.1) is 11.8 Å². The summed E-state index contributed by atoms with van der Waals surface area (Å²) in [6, 6.07) is 0. The number of cyclic esters (lactones) is 1. The van der Waals surface area contributed by atoms with Gasteiger partial charge in [-0.05, 0) is 32.1 Å². The molecular formula is C22H26O6. The van der Waals surface area contributed by atoms with E-state index in [4.69, 9.17) is 9.47 Å². The van der Waals surface area contributed by atoms with E-state index in [1.54, 1.807) is 31.2 Å². The number of aliphatic hydroxyl groups is 2. The lowest BCUT2D eigenvalue weighted by Crippen LogP contribution is -2.45. The Hall–Kier alpha value is -2.44. The molecule has 0 saturated carbocycles.